The number of hydrogen-bond donors (Lipinski definition) is 1. The SMILES string of the molecule is CC(C)(N)C(=O)OCC1CCCC1.Cl. The first-order valence-corrected chi connectivity index (χ1v) is 4.96. The van der Waals surface area contributed by atoms with E-state index in [0.717, 1.165) is 0 Å². The monoisotopic (exact) mass is 221 g/mol. The first-order chi connectivity index (χ1) is 6.00. The van der Waals surface area contributed by atoms with Gasteiger partial charge in [-0.05, 0) is 32.6 Å². The second-order valence-electron chi connectivity index (χ2n) is 4.47. The van der Waals surface area contributed by atoms with Gasteiger partial charge >= 0.3 is 5.97 Å². The summed E-state index contributed by atoms with van der Waals surface area (Å²) >= 11 is 0. The molecule has 3 nitrogen and oxygen atoms in total. The van der Waals surface area contributed by atoms with Crippen molar-refractivity contribution in [1.82, 2.24) is 0 Å². The zero-order valence-corrected chi connectivity index (χ0v) is 9.73. The second kappa shape index (κ2) is 5.56. The molecule has 0 heterocycles. The zero-order chi connectivity index (χ0) is 9.90. The number of carbonyl (C=O) groups is 1. The molecule has 14 heavy (non-hydrogen) atoms. The van der Waals surface area contributed by atoms with E-state index in [1.165, 1.54) is 25.7 Å². The molecule has 1 rings (SSSR count). The Labute approximate surface area is 91.8 Å². The number of halogens is 1. The average molecular weight is 222 g/mol. The molecule has 1 fully saturated rings. The molecule has 0 amide bonds. The summed E-state index contributed by atoms with van der Waals surface area (Å²) in [4.78, 5) is 11.3. The van der Waals surface area contributed by atoms with Crippen molar-refractivity contribution in [2.45, 2.75) is 45.1 Å². The zero-order valence-electron chi connectivity index (χ0n) is 8.91. The molecule has 0 aromatic rings. The van der Waals surface area contributed by atoms with E-state index in [-0.39, 0.29) is 18.4 Å². The van der Waals surface area contributed by atoms with E-state index in [9.17, 15) is 4.79 Å². The third-order valence-corrected chi connectivity index (χ3v) is 2.45. The Morgan fingerprint density at radius 3 is 2.36 bits per heavy atom. The number of nitrogens with two attached hydrogens (primary N) is 1. The van der Waals surface area contributed by atoms with Crippen molar-refractivity contribution in [3.63, 3.8) is 0 Å². The van der Waals surface area contributed by atoms with Gasteiger partial charge in [0.1, 0.15) is 5.54 Å². The fourth-order valence-electron chi connectivity index (χ4n) is 1.56. The molecule has 0 aromatic carbocycles. The van der Waals surface area contributed by atoms with Gasteiger partial charge < -0.3 is 10.5 Å². The van der Waals surface area contributed by atoms with E-state index < -0.39 is 5.54 Å². The van der Waals surface area contributed by atoms with Gasteiger partial charge in [0.2, 0.25) is 0 Å². The van der Waals surface area contributed by atoms with Crippen molar-refractivity contribution in [2.75, 3.05) is 6.61 Å². The Morgan fingerprint density at radius 1 is 1.43 bits per heavy atom. The molecule has 1 saturated carbocycles. The van der Waals surface area contributed by atoms with E-state index in [2.05, 4.69) is 0 Å². The summed E-state index contributed by atoms with van der Waals surface area (Å²) in [5, 5.41) is 0. The topological polar surface area (TPSA) is 52.3 Å². The Hall–Kier alpha value is -0.280. The fraction of sp³-hybridized carbons (Fsp3) is 0.900. The first-order valence-electron chi connectivity index (χ1n) is 4.96. The van der Waals surface area contributed by atoms with Crippen LogP contribution in [0.2, 0.25) is 0 Å². The van der Waals surface area contributed by atoms with Crippen LogP contribution in [0, 0.1) is 5.92 Å². The minimum absolute atomic E-state index is 0. The number of carbonyl (C=O) groups excluding carboxylic acids is 1. The van der Waals surface area contributed by atoms with E-state index in [4.69, 9.17) is 10.5 Å². The van der Waals surface area contributed by atoms with Gasteiger partial charge in [0, 0.05) is 0 Å². The van der Waals surface area contributed by atoms with E-state index in [1.54, 1.807) is 13.8 Å². The predicted molar refractivity (Wildman–Crippen MR) is 58.4 cm³/mol. The molecule has 0 atom stereocenters. The molecule has 2 N–H and O–H groups in total. The van der Waals surface area contributed by atoms with Crippen LogP contribution in [-0.2, 0) is 9.53 Å². The highest BCUT2D eigenvalue weighted by Crippen LogP contribution is 2.24. The Bertz CT molecular complexity index is 183. The van der Waals surface area contributed by atoms with Crippen LogP contribution in [0.15, 0.2) is 0 Å². The van der Waals surface area contributed by atoms with Crippen molar-refractivity contribution in [2.24, 2.45) is 11.7 Å². The normalized spacial score (nSPS) is 17.6. The van der Waals surface area contributed by atoms with Gasteiger partial charge in [0.25, 0.3) is 0 Å². The van der Waals surface area contributed by atoms with Crippen LogP contribution in [0.4, 0.5) is 0 Å². The average Bonchev–Trinajstić information content (AvgIpc) is 2.50. The molecule has 0 aromatic heterocycles. The van der Waals surface area contributed by atoms with Crippen LogP contribution in [0.3, 0.4) is 0 Å². The number of ether oxygens (including phenoxy) is 1. The summed E-state index contributed by atoms with van der Waals surface area (Å²) in [5.41, 5.74) is 4.74. The fourth-order valence-corrected chi connectivity index (χ4v) is 1.56. The molecule has 84 valence electrons. The molecule has 1 aliphatic carbocycles. The molecule has 0 unspecified atom stereocenters. The summed E-state index contributed by atoms with van der Waals surface area (Å²) in [5.74, 6) is 0.283. The van der Waals surface area contributed by atoms with Gasteiger partial charge in [-0.3, -0.25) is 4.79 Å². The van der Waals surface area contributed by atoms with Gasteiger partial charge in [0.15, 0.2) is 0 Å². The predicted octanol–water partition coefficient (Wildman–Crippen LogP) is 1.88. The molecule has 0 aliphatic heterocycles. The maximum Gasteiger partial charge on any atom is 0.325 e. The van der Waals surface area contributed by atoms with Gasteiger partial charge in [-0.2, -0.15) is 0 Å². The lowest BCUT2D eigenvalue weighted by molar-refractivity contribution is -0.150. The molecule has 4 heteroatoms. The Morgan fingerprint density at radius 2 is 1.93 bits per heavy atom. The smallest absolute Gasteiger partial charge is 0.325 e. The summed E-state index contributed by atoms with van der Waals surface area (Å²) in [7, 11) is 0. The maximum absolute atomic E-state index is 11.3. The summed E-state index contributed by atoms with van der Waals surface area (Å²) in [6, 6.07) is 0. The van der Waals surface area contributed by atoms with E-state index in [0.29, 0.717) is 12.5 Å². The van der Waals surface area contributed by atoms with Crippen LogP contribution in [0.5, 0.6) is 0 Å². The quantitative estimate of drug-likeness (QED) is 0.741. The summed E-state index contributed by atoms with van der Waals surface area (Å²) < 4.78 is 5.13. The molecule has 0 spiro atoms. The van der Waals surface area contributed by atoms with E-state index >= 15 is 0 Å². The van der Waals surface area contributed by atoms with Crippen molar-refractivity contribution in [3.05, 3.63) is 0 Å². The molecular formula is C10H20ClNO2. The van der Waals surface area contributed by atoms with Crippen LogP contribution in [0.25, 0.3) is 0 Å². The molecular weight excluding hydrogens is 202 g/mol. The molecule has 0 bridgehead atoms. The number of hydrogen-bond acceptors (Lipinski definition) is 3. The second-order valence-corrected chi connectivity index (χ2v) is 4.47. The van der Waals surface area contributed by atoms with Crippen LogP contribution in [-0.4, -0.2) is 18.1 Å². The number of rotatable bonds is 3. The van der Waals surface area contributed by atoms with Gasteiger partial charge in [0.05, 0.1) is 6.61 Å². The molecule has 0 saturated heterocycles. The highest BCUT2D eigenvalue weighted by Gasteiger charge is 2.25. The highest BCUT2D eigenvalue weighted by atomic mass is 35.5. The van der Waals surface area contributed by atoms with Crippen LogP contribution < -0.4 is 5.73 Å². The van der Waals surface area contributed by atoms with Crippen molar-refractivity contribution in [1.29, 1.82) is 0 Å². The highest BCUT2D eigenvalue weighted by molar-refractivity contribution is 5.85. The van der Waals surface area contributed by atoms with Crippen molar-refractivity contribution < 1.29 is 9.53 Å². The lowest BCUT2D eigenvalue weighted by Gasteiger charge is -2.18. The lowest BCUT2D eigenvalue weighted by Crippen LogP contribution is -2.43. The number of esters is 1. The minimum atomic E-state index is -0.849. The lowest BCUT2D eigenvalue weighted by atomic mass is 10.1. The Balaban J connectivity index is 0.00000169. The molecule has 1 aliphatic rings. The largest absolute Gasteiger partial charge is 0.464 e. The van der Waals surface area contributed by atoms with Crippen LogP contribution >= 0.6 is 12.4 Å². The molecule has 0 radical (unpaired) electrons. The van der Waals surface area contributed by atoms with Crippen LogP contribution in [0.1, 0.15) is 39.5 Å². The Kier molecular flexibility index (Phi) is 5.45. The summed E-state index contributed by atoms with van der Waals surface area (Å²) in [6.07, 6.45) is 4.93. The maximum atomic E-state index is 11.3. The van der Waals surface area contributed by atoms with Gasteiger partial charge in [-0.1, -0.05) is 12.8 Å². The van der Waals surface area contributed by atoms with E-state index in [1.807, 2.05) is 0 Å². The van der Waals surface area contributed by atoms with Gasteiger partial charge in [-0.15, -0.1) is 12.4 Å². The van der Waals surface area contributed by atoms with Crippen molar-refractivity contribution >= 4 is 18.4 Å². The first kappa shape index (κ1) is 13.7. The standard InChI is InChI=1S/C10H19NO2.ClH/c1-10(2,11)9(12)13-7-8-5-3-4-6-8;/h8H,3-7,11H2,1-2H3;1H. The van der Waals surface area contributed by atoms with Crippen molar-refractivity contribution in [3.8, 4) is 0 Å². The van der Waals surface area contributed by atoms with Gasteiger partial charge in [-0.25, -0.2) is 0 Å². The summed E-state index contributed by atoms with van der Waals surface area (Å²) in [6.45, 7) is 3.90. The third kappa shape index (κ3) is 4.29. The minimum Gasteiger partial charge on any atom is -0.464 e. The third-order valence-electron chi connectivity index (χ3n) is 2.45.